The monoisotopic (exact) mass is 295 g/mol. The molecule has 1 saturated carbocycles. The van der Waals surface area contributed by atoms with Crippen molar-refractivity contribution in [2.24, 2.45) is 5.73 Å². The highest BCUT2D eigenvalue weighted by Crippen LogP contribution is 2.27. The van der Waals surface area contributed by atoms with Gasteiger partial charge in [-0.05, 0) is 52.5 Å². The van der Waals surface area contributed by atoms with E-state index in [1.807, 2.05) is 0 Å². The first-order chi connectivity index (χ1) is 10.0. The van der Waals surface area contributed by atoms with Gasteiger partial charge in [0.1, 0.15) is 0 Å². The number of hydrogen-bond acceptors (Lipinski definition) is 3. The Kier molecular flexibility index (Phi) is 6.06. The van der Waals surface area contributed by atoms with Gasteiger partial charge in [-0.25, -0.2) is 0 Å². The number of nitrogens with zero attached hydrogens (tertiary/aromatic N) is 1. The highest BCUT2D eigenvalue weighted by atomic mass is 16.1. The van der Waals surface area contributed by atoms with Gasteiger partial charge in [0, 0.05) is 18.6 Å². The molecule has 0 aromatic rings. The first-order valence-corrected chi connectivity index (χ1v) is 8.85. The van der Waals surface area contributed by atoms with E-state index in [4.69, 9.17) is 5.73 Å². The van der Waals surface area contributed by atoms with Crippen molar-refractivity contribution in [2.45, 2.75) is 89.3 Å². The predicted molar refractivity (Wildman–Crippen MR) is 87.1 cm³/mol. The largest absolute Gasteiger partial charge is 0.368 e. The minimum absolute atomic E-state index is 0.141. The summed E-state index contributed by atoms with van der Waals surface area (Å²) < 4.78 is 0. The van der Waals surface area contributed by atoms with Crippen molar-refractivity contribution in [3.05, 3.63) is 0 Å². The fourth-order valence-corrected chi connectivity index (χ4v) is 3.95. The molecule has 1 saturated heterocycles. The van der Waals surface area contributed by atoms with E-state index in [2.05, 4.69) is 24.1 Å². The molecule has 1 heterocycles. The van der Waals surface area contributed by atoms with Crippen LogP contribution in [-0.2, 0) is 4.79 Å². The maximum Gasteiger partial charge on any atom is 0.237 e. The summed E-state index contributed by atoms with van der Waals surface area (Å²) in [4.78, 5) is 14.7. The molecule has 0 radical (unpaired) electrons. The number of carbonyl (C=O) groups is 1. The SMILES string of the molecule is CC(C)N1CCCC(NC2CCCCCC2)(C(N)=O)CC1. The van der Waals surface area contributed by atoms with E-state index in [1.54, 1.807) is 0 Å². The summed E-state index contributed by atoms with van der Waals surface area (Å²) in [5, 5.41) is 3.71. The molecule has 2 fully saturated rings. The summed E-state index contributed by atoms with van der Waals surface area (Å²) in [7, 11) is 0. The predicted octanol–water partition coefficient (Wildman–Crippen LogP) is 2.42. The molecule has 2 rings (SSSR count). The van der Waals surface area contributed by atoms with Crippen molar-refractivity contribution in [3.8, 4) is 0 Å². The van der Waals surface area contributed by atoms with Crippen LogP contribution in [0.15, 0.2) is 0 Å². The van der Waals surface area contributed by atoms with Crippen molar-refractivity contribution in [2.75, 3.05) is 13.1 Å². The van der Waals surface area contributed by atoms with Crippen LogP contribution < -0.4 is 11.1 Å². The second-order valence-electron chi connectivity index (χ2n) is 7.26. The lowest BCUT2D eigenvalue weighted by Gasteiger charge is -2.35. The lowest BCUT2D eigenvalue weighted by Crippen LogP contribution is -2.59. The van der Waals surface area contributed by atoms with Crippen LogP contribution in [0.25, 0.3) is 0 Å². The number of amides is 1. The van der Waals surface area contributed by atoms with E-state index in [0.717, 1.165) is 32.4 Å². The molecule has 1 unspecified atom stereocenters. The minimum Gasteiger partial charge on any atom is -0.368 e. The molecule has 4 nitrogen and oxygen atoms in total. The van der Waals surface area contributed by atoms with Gasteiger partial charge in [-0.2, -0.15) is 0 Å². The van der Waals surface area contributed by atoms with Crippen molar-refractivity contribution >= 4 is 5.91 Å². The zero-order valence-electron chi connectivity index (χ0n) is 13.9. The first kappa shape index (κ1) is 16.8. The molecule has 0 bridgehead atoms. The molecule has 1 amide bonds. The topological polar surface area (TPSA) is 58.4 Å². The first-order valence-electron chi connectivity index (χ1n) is 8.85. The van der Waals surface area contributed by atoms with Crippen LogP contribution in [0.5, 0.6) is 0 Å². The Balaban J connectivity index is 2.03. The summed E-state index contributed by atoms with van der Waals surface area (Å²) in [6, 6.07) is 1.03. The molecule has 0 spiro atoms. The average Bonchev–Trinajstić information content (AvgIpc) is 2.80. The third kappa shape index (κ3) is 4.43. The lowest BCUT2D eigenvalue weighted by atomic mass is 9.87. The summed E-state index contributed by atoms with van der Waals surface area (Å²) in [5.74, 6) is -0.141. The van der Waals surface area contributed by atoms with Gasteiger partial charge in [-0.3, -0.25) is 4.79 Å². The maximum absolute atomic E-state index is 12.2. The second-order valence-corrected chi connectivity index (χ2v) is 7.26. The molecule has 21 heavy (non-hydrogen) atoms. The van der Waals surface area contributed by atoms with E-state index in [1.165, 1.54) is 38.5 Å². The van der Waals surface area contributed by atoms with Gasteiger partial charge in [-0.1, -0.05) is 25.7 Å². The number of nitrogens with one attached hydrogen (secondary N) is 1. The van der Waals surface area contributed by atoms with Gasteiger partial charge in [0.2, 0.25) is 5.91 Å². The zero-order valence-corrected chi connectivity index (χ0v) is 13.9. The Morgan fingerprint density at radius 3 is 2.33 bits per heavy atom. The molecular weight excluding hydrogens is 262 g/mol. The van der Waals surface area contributed by atoms with E-state index < -0.39 is 5.54 Å². The van der Waals surface area contributed by atoms with Crippen LogP contribution in [0.2, 0.25) is 0 Å². The normalized spacial score (nSPS) is 30.0. The fourth-order valence-electron chi connectivity index (χ4n) is 3.95. The van der Waals surface area contributed by atoms with Gasteiger partial charge in [0.15, 0.2) is 0 Å². The minimum atomic E-state index is -0.474. The van der Waals surface area contributed by atoms with Gasteiger partial charge < -0.3 is 16.0 Å². The molecule has 4 heteroatoms. The number of rotatable bonds is 4. The van der Waals surface area contributed by atoms with Crippen LogP contribution in [0.1, 0.15) is 71.6 Å². The van der Waals surface area contributed by atoms with Crippen molar-refractivity contribution in [3.63, 3.8) is 0 Å². The number of likely N-dealkylation sites (tertiary alicyclic amines) is 1. The summed E-state index contributed by atoms with van der Waals surface area (Å²) in [6.45, 7) is 6.52. The number of hydrogen-bond donors (Lipinski definition) is 2. The Morgan fingerprint density at radius 1 is 1.10 bits per heavy atom. The zero-order chi connectivity index (χ0) is 15.3. The van der Waals surface area contributed by atoms with E-state index in [9.17, 15) is 4.79 Å². The molecule has 2 aliphatic rings. The molecule has 1 aliphatic carbocycles. The van der Waals surface area contributed by atoms with Crippen LogP contribution in [0.3, 0.4) is 0 Å². The third-order valence-corrected chi connectivity index (χ3v) is 5.41. The van der Waals surface area contributed by atoms with Crippen molar-refractivity contribution in [1.82, 2.24) is 10.2 Å². The quantitative estimate of drug-likeness (QED) is 0.783. The fraction of sp³-hybridized carbons (Fsp3) is 0.941. The van der Waals surface area contributed by atoms with Gasteiger partial charge in [0.25, 0.3) is 0 Å². The van der Waals surface area contributed by atoms with Crippen LogP contribution in [0, 0.1) is 0 Å². The number of primary amides is 1. The number of nitrogens with two attached hydrogens (primary N) is 1. The Morgan fingerprint density at radius 2 is 1.76 bits per heavy atom. The molecule has 0 aromatic heterocycles. The summed E-state index contributed by atoms with van der Waals surface area (Å²) in [5.41, 5.74) is 5.36. The molecule has 0 aromatic carbocycles. The van der Waals surface area contributed by atoms with E-state index >= 15 is 0 Å². The number of carbonyl (C=O) groups excluding carboxylic acids is 1. The Labute approximate surface area is 129 Å². The van der Waals surface area contributed by atoms with Crippen LogP contribution in [-0.4, -0.2) is 41.5 Å². The third-order valence-electron chi connectivity index (χ3n) is 5.41. The molecule has 3 N–H and O–H groups in total. The highest BCUT2D eigenvalue weighted by molar-refractivity contribution is 5.84. The van der Waals surface area contributed by atoms with Crippen molar-refractivity contribution in [1.29, 1.82) is 0 Å². The average molecular weight is 295 g/mol. The van der Waals surface area contributed by atoms with Gasteiger partial charge >= 0.3 is 0 Å². The van der Waals surface area contributed by atoms with Crippen molar-refractivity contribution < 1.29 is 4.79 Å². The maximum atomic E-state index is 12.2. The van der Waals surface area contributed by atoms with Crippen LogP contribution >= 0.6 is 0 Å². The Bertz CT molecular complexity index is 337. The molecule has 1 atom stereocenters. The van der Waals surface area contributed by atoms with Crippen LogP contribution in [0.4, 0.5) is 0 Å². The van der Waals surface area contributed by atoms with E-state index in [0.29, 0.717) is 12.1 Å². The molecule has 1 aliphatic heterocycles. The lowest BCUT2D eigenvalue weighted by molar-refractivity contribution is -0.125. The smallest absolute Gasteiger partial charge is 0.237 e. The second kappa shape index (κ2) is 7.59. The van der Waals surface area contributed by atoms with Gasteiger partial charge in [-0.15, -0.1) is 0 Å². The standard InChI is InChI=1S/C17H33N3O/c1-14(2)20-12-7-10-17(11-13-20,16(18)21)19-15-8-5-3-4-6-9-15/h14-15,19H,3-13H2,1-2H3,(H2,18,21). The summed E-state index contributed by atoms with van der Waals surface area (Å²) >= 11 is 0. The van der Waals surface area contributed by atoms with Gasteiger partial charge in [0.05, 0.1) is 5.54 Å². The molecule has 122 valence electrons. The highest BCUT2D eigenvalue weighted by Gasteiger charge is 2.39. The summed E-state index contributed by atoms with van der Waals surface area (Å²) in [6.07, 6.45) is 10.4. The molecular formula is C17H33N3O. The van der Waals surface area contributed by atoms with E-state index in [-0.39, 0.29) is 5.91 Å². The Hall–Kier alpha value is -0.610.